The molecule has 1 aliphatic rings. The zero-order chi connectivity index (χ0) is 25.2. The lowest BCUT2D eigenvalue weighted by atomic mass is 9.95. The van der Waals surface area contributed by atoms with Gasteiger partial charge in [0.15, 0.2) is 0 Å². The molecular formula is C26H20Cl3N5O2. The topological polar surface area (TPSA) is 81.1 Å². The first-order valence-electron chi connectivity index (χ1n) is 11.0. The molecule has 2 N–H and O–H groups in total. The minimum atomic E-state index is -0.538. The number of hydrogen-bond donors (Lipinski definition) is 2. The quantitative estimate of drug-likeness (QED) is 0.283. The monoisotopic (exact) mass is 539 g/mol. The third-order valence-corrected chi connectivity index (χ3v) is 6.72. The van der Waals surface area contributed by atoms with Gasteiger partial charge in [0.05, 0.1) is 5.57 Å². The van der Waals surface area contributed by atoms with Gasteiger partial charge in [0.2, 0.25) is 5.95 Å². The van der Waals surface area contributed by atoms with Gasteiger partial charge in [-0.1, -0.05) is 53.0 Å². The zero-order valence-corrected chi connectivity index (χ0v) is 21.3. The first-order chi connectivity index (χ1) is 17.4. The summed E-state index contributed by atoms with van der Waals surface area (Å²) < 4.78 is 7.70. The number of rotatable bonds is 6. The Morgan fingerprint density at radius 1 is 1.06 bits per heavy atom. The van der Waals surface area contributed by atoms with Crippen molar-refractivity contribution in [2.24, 2.45) is 0 Å². The number of halogens is 3. The number of hydrogen-bond acceptors (Lipinski definition) is 5. The lowest BCUT2D eigenvalue weighted by molar-refractivity contribution is -0.113. The number of aromatic nitrogens is 3. The fourth-order valence-electron chi connectivity index (χ4n) is 4.03. The van der Waals surface area contributed by atoms with Gasteiger partial charge < -0.3 is 15.4 Å². The molecule has 4 aromatic rings. The Morgan fingerprint density at radius 2 is 1.78 bits per heavy atom. The average molecular weight is 541 g/mol. The van der Waals surface area contributed by atoms with Crippen LogP contribution in [0.1, 0.15) is 24.1 Å². The summed E-state index contributed by atoms with van der Waals surface area (Å²) in [6.07, 6.45) is 1.45. The molecule has 1 aliphatic heterocycles. The van der Waals surface area contributed by atoms with Crippen LogP contribution in [-0.2, 0) is 11.4 Å². The van der Waals surface area contributed by atoms with Crippen molar-refractivity contribution in [2.45, 2.75) is 19.6 Å². The van der Waals surface area contributed by atoms with E-state index in [4.69, 9.17) is 39.5 Å². The van der Waals surface area contributed by atoms with Crippen molar-refractivity contribution in [3.8, 4) is 5.75 Å². The molecule has 0 unspecified atom stereocenters. The number of nitrogens with zero attached hydrogens (tertiary/aromatic N) is 3. The number of carbonyl (C=O) groups is 1. The van der Waals surface area contributed by atoms with Crippen LogP contribution in [0.25, 0.3) is 0 Å². The molecule has 0 saturated heterocycles. The highest BCUT2D eigenvalue weighted by Gasteiger charge is 2.33. The fourth-order valence-corrected chi connectivity index (χ4v) is 4.66. The molecule has 7 nitrogen and oxygen atoms in total. The van der Waals surface area contributed by atoms with Crippen molar-refractivity contribution in [3.05, 3.63) is 111 Å². The molecule has 5 rings (SSSR count). The molecule has 0 radical (unpaired) electrons. The van der Waals surface area contributed by atoms with Crippen molar-refractivity contribution in [2.75, 3.05) is 10.6 Å². The number of fused-ring (bicyclic) bond motifs is 1. The van der Waals surface area contributed by atoms with E-state index in [1.165, 1.54) is 6.33 Å². The first kappa shape index (κ1) is 24.2. The van der Waals surface area contributed by atoms with Crippen molar-refractivity contribution in [1.29, 1.82) is 0 Å². The summed E-state index contributed by atoms with van der Waals surface area (Å²) >= 11 is 18.6. The van der Waals surface area contributed by atoms with Crippen LogP contribution in [0.4, 0.5) is 11.6 Å². The van der Waals surface area contributed by atoms with Gasteiger partial charge in [-0.25, -0.2) is 4.68 Å². The van der Waals surface area contributed by atoms with Gasteiger partial charge >= 0.3 is 0 Å². The molecule has 182 valence electrons. The summed E-state index contributed by atoms with van der Waals surface area (Å²) in [6, 6.07) is 19.2. The highest BCUT2D eigenvalue weighted by Crippen LogP contribution is 2.36. The predicted octanol–water partition coefficient (Wildman–Crippen LogP) is 6.74. The molecule has 2 heterocycles. The van der Waals surface area contributed by atoms with E-state index in [-0.39, 0.29) is 12.5 Å². The van der Waals surface area contributed by atoms with Crippen molar-refractivity contribution in [3.63, 3.8) is 0 Å². The van der Waals surface area contributed by atoms with Gasteiger partial charge in [-0.05, 0) is 61.0 Å². The molecule has 0 bridgehead atoms. The Bertz CT molecular complexity index is 1450. The molecule has 1 amide bonds. The van der Waals surface area contributed by atoms with Gasteiger partial charge in [0, 0.05) is 32.0 Å². The van der Waals surface area contributed by atoms with Gasteiger partial charge in [-0.2, -0.15) is 10.1 Å². The van der Waals surface area contributed by atoms with Crippen LogP contribution in [0.2, 0.25) is 15.1 Å². The molecule has 1 atom stereocenters. The van der Waals surface area contributed by atoms with Crippen LogP contribution in [0, 0.1) is 0 Å². The largest absolute Gasteiger partial charge is 0.489 e. The molecule has 10 heteroatoms. The smallest absolute Gasteiger partial charge is 0.255 e. The Kier molecular flexibility index (Phi) is 6.87. The third-order valence-electron chi connectivity index (χ3n) is 5.76. The second-order valence-corrected chi connectivity index (χ2v) is 9.37. The minimum absolute atomic E-state index is 0.196. The SMILES string of the molecule is CC1=C(C(=O)Nc2ccc(Cl)cc2)[C@@H](c2cccc(OCc3c(Cl)cccc3Cl)c2)n2ncnc2N1. The number of nitrogens with one attached hydrogen (secondary N) is 2. The lowest BCUT2D eigenvalue weighted by Gasteiger charge is -2.29. The van der Waals surface area contributed by atoms with E-state index in [0.29, 0.717) is 49.3 Å². The van der Waals surface area contributed by atoms with Gasteiger partial charge in [-0.3, -0.25) is 4.79 Å². The maximum absolute atomic E-state index is 13.5. The Labute approximate surface area is 222 Å². The second kappa shape index (κ2) is 10.2. The van der Waals surface area contributed by atoms with Crippen LogP contribution in [-0.4, -0.2) is 20.7 Å². The minimum Gasteiger partial charge on any atom is -0.489 e. The molecule has 1 aromatic heterocycles. The predicted molar refractivity (Wildman–Crippen MR) is 142 cm³/mol. The molecular weight excluding hydrogens is 521 g/mol. The van der Waals surface area contributed by atoms with E-state index in [9.17, 15) is 4.79 Å². The summed E-state index contributed by atoms with van der Waals surface area (Å²) in [5, 5.41) is 12.1. The third kappa shape index (κ3) is 4.91. The summed E-state index contributed by atoms with van der Waals surface area (Å²) in [5.74, 6) is 0.858. The van der Waals surface area contributed by atoms with E-state index in [2.05, 4.69) is 20.7 Å². The van der Waals surface area contributed by atoms with Gasteiger partial charge in [-0.15, -0.1) is 0 Å². The normalized spacial score (nSPS) is 14.7. The average Bonchev–Trinajstić information content (AvgIpc) is 3.32. The maximum atomic E-state index is 13.5. The molecule has 0 fully saturated rings. The van der Waals surface area contributed by atoms with Crippen LogP contribution < -0.4 is 15.4 Å². The Morgan fingerprint density at radius 3 is 2.53 bits per heavy atom. The van der Waals surface area contributed by atoms with Crippen LogP contribution >= 0.6 is 34.8 Å². The van der Waals surface area contributed by atoms with E-state index in [0.717, 1.165) is 5.56 Å². The van der Waals surface area contributed by atoms with Gasteiger partial charge in [0.1, 0.15) is 24.7 Å². The number of amides is 1. The highest BCUT2D eigenvalue weighted by atomic mass is 35.5. The summed E-state index contributed by atoms with van der Waals surface area (Å²) in [6.45, 7) is 2.03. The number of ether oxygens (including phenoxy) is 1. The van der Waals surface area contributed by atoms with Gasteiger partial charge in [0.25, 0.3) is 5.91 Å². The summed E-state index contributed by atoms with van der Waals surface area (Å²) in [5.41, 5.74) is 3.29. The summed E-state index contributed by atoms with van der Waals surface area (Å²) in [7, 11) is 0. The second-order valence-electron chi connectivity index (χ2n) is 8.12. The standard InChI is InChI=1S/C26H20Cl3N5O2/c1-15-23(25(35)33-18-10-8-17(27)9-11-18)24(34-26(32-15)30-14-31-34)16-4-2-5-19(12-16)36-13-20-21(28)6-3-7-22(20)29/h2-12,14,24H,13H2,1H3,(H,33,35)(H,30,31,32)/t24-/m1/s1. The first-order valence-corrected chi connectivity index (χ1v) is 12.1. The highest BCUT2D eigenvalue weighted by molar-refractivity contribution is 6.36. The number of anilines is 2. The maximum Gasteiger partial charge on any atom is 0.255 e. The zero-order valence-electron chi connectivity index (χ0n) is 19.0. The number of benzene rings is 3. The Hall–Kier alpha value is -3.52. The van der Waals surface area contributed by atoms with E-state index in [1.54, 1.807) is 47.1 Å². The number of allylic oxidation sites excluding steroid dienone is 1. The van der Waals surface area contributed by atoms with E-state index >= 15 is 0 Å². The van der Waals surface area contributed by atoms with Crippen molar-refractivity contribution >= 4 is 52.3 Å². The fraction of sp³-hybridized carbons (Fsp3) is 0.115. The van der Waals surface area contributed by atoms with E-state index in [1.807, 2.05) is 31.2 Å². The van der Waals surface area contributed by atoms with Crippen LogP contribution in [0.5, 0.6) is 5.75 Å². The molecule has 0 saturated carbocycles. The molecule has 0 spiro atoms. The Balaban J connectivity index is 1.46. The van der Waals surface area contributed by atoms with E-state index < -0.39 is 6.04 Å². The molecule has 36 heavy (non-hydrogen) atoms. The molecule has 0 aliphatic carbocycles. The van der Waals surface area contributed by atoms with Crippen LogP contribution in [0.3, 0.4) is 0 Å². The number of carbonyl (C=O) groups excluding carboxylic acids is 1. The summed E-state index contributed by atoms with van der Waals surface area (Å²) in [4.78, 5) is 17.8. The molecule has 3 aromatic carbocycles. The lowest BCUT2D eigenvalue weighted by Crippen LogP contribution is -2.31. The van der Waals surface area contributed by atoms with Crippen molar-refractivity contribution in [1.82, 2.24) is 14.8 Å². The van der Waals surface area contributed by atoms with Crippen molar-refractivity contribution < 1.29 is 9.53 Å². The van der Waals surface area contributed by atoms with Crippen LogP contribution in [0.15, 0.2) is 84.3 Å².